The molecule has 1 saturated heterocycles. The zero-order chi connectivity index (χ0) is 17.9. The summed E-state index contributed by atoms with van der Waals surface area (Å²) in [5, 5.41) is 0. The maximum atomic E-state index is 5.97. The lowest BCUT2D eigenvalue weighted by molar-refractivity contribution is 0.272. The first-order chi connectivity index (χ1) is 12.0. The molecule has 1 fully saturated rings. The lowest BCUT2D eigenvalue weighted by Gasteiger charge is -2.23. The summed E-state index contributed by atoms with van der Waals surface area (Å²) in [6.45, 7) is 7.41. The summed E-state index contributed by atoms with van der Waals surface area (Å²) in [5.74, 6) is 0.924. The second-order valence-corrected chi connectivity index (χ2v) is 7.51. The molecule has 1 heterocycles. The Balaban J connectivity index is 1.52. The molecule has 4 heteroatoms. The fraction of sp³-hybridized carbons (Fsp3) is 0.429. The van der Waals surface area contributed by atoms with Gasteiger partial charge in [-0.1, -0.05) is 45.0 Å². The van der Waals surface area contributed by atoms with E-state index in [-0.39, 0.29) is 11.5 Å². The molecule has 0 radical (unpaired) electrons. The van der Waals surface area contributed by atoms with Gasteiger partial charge in [0.05, 0.1) is 6.04 Å². The maximum Gasteiger partial charge on any atom is 0.119 e. The highest BCUT2D eigenvalue weighted by atomic mass is 16.5. The van der Waals surface area contributed by atoms with Crippen LogP contribution in [0.4, 0.5) is 5.69 Å². The largest absolute Gasteiger partial charge is 0.492 e. The van der Waals surface area contributed by atoms with Gasteiger partial charge in [-0.2, -0.15) is 0 Å². The average Bonchev–Trinajstić information content (AvgIpc) is 3.10. The van der Waals surface area contributed by atoms with E-state index in [0.29, 0.717) is 12.6 Å². The zero-order valence-corrected chi connectivity index (χ0v) is 15.4. The standard InChI is InChI=1S/C21H29N3O/c1-4-21(2,3)16-7-11-19(12-8-16)25-14-18-13-20(24-23-18)15-5-9-17(22)10-6-15/h5-12,18,20,23-24H,4,13-14,22H2,1-3H3. The summed E-state index contributed by atoms with van der Waals surface area (Å²) < 4.78 is 5.97. The van der Waals surface area contributed by atoms with Gasteiger partial charge in [-0.3, -0.25) is 5.43 Å². The number of benzene rings is 2. The highest BCUT2D eigenvalue weighted by molar-refractivity contribution is 5.40. The number of rotatable bonds is 6. The van der Waals surface area contributed by atoms with E-state index in [1.165, 1.54) is 11.1 Å². The molecule has 0 saturated carbocycles. The number of anilines is 1. The van der Waals surface area contributed by atoms with Crippen LogP contribution < -0.4 is 21.3 Å². The first-order valence-electron chi connectivity index (χ1n) is 9.08. The van der Waals surface area contributed by atoms with Crippen molar-refractivity contribution in [1.82, 2.24) is 10.9 Å². The molecule has 2 unspecified atom stereocenters. The van der Waals surface area contributed by atoms with Crippen LogP contribution in [0.5, 0.6) is 5.75 Å². The predicted molar refractivity (Wildman–Crippen MR) is 104 cm³/mol. The molecule has 25 heavy (non-hydrogen) atoms. The molecule has 4 nitrogen and oxygen atoms in total. The van der Waals surface area contributed by atoms with Crippen LogP contribution in [0, 0.1) is 0 Å². The van der Waals surface area contributed by atoms with Gasteiger partial charge >= 0.3 is 0 Å². The van der Waals surface area contributed by atoms with Gasteiger partial charge in [0.1, 0.15) is 12.4 Å². The van der Waals surface area contributed by atoms with Crippen molar-refractivity contribution in [2.45, 2.75) is 51.1 Å². The molecule has 1 aliphatic rings. The summed E-state index contributed by atoms with van der Waals surface area (Å²) >= 11 is 0. The van der Waals surface area contributed by atoms with Crippen LogP contribution in [-0.4, -0.2) is 12.6 Å². The van der Waals surface area contributed by atoms with Crippen LogP contribution in [0.1, 0.15) is 50.8 Å². The Morgan fingerprint density at radius 1 is 1.04 bits per heavy atom. The van der Waals surface area contributed by atoms with E-state index in [1.54, 1.807) is 0 Å². The molecule has 2 aromatic rings. The molecule has 1 aliphatic heterocycles. The third-order valence-electron chi connectivity index (χ3n) is 5.29. The molecular formula is C21H29N3O. The second-order valence-electron chi connectivity index (χ2n) is 7.51. The van der Waals surface area contributed by atoms with Crippen molar-refractivity contribution in [1.29, 1.82) is 0 Å². The Kier molecular flexibility index (Phi) is 5.30. The Morgan fingerprint density at radius 2 is 1.72 bits per heavy atom. The summed E-state index contributed by atoms with van der Waals surface area (Å²) in [6, 6.07) is 17.1. The van der Waals surface area contributed by atoms with Crippen molar-refractivity contribution in [3.05, 3.63) is 59.7 Å². The lowest BCUT2D eigenvalue weighted by atomic mass is 9.82. The summed E-state index contributed by atoms with van der Waals surface area (Å²) in [7, 11) is 0. The fourth-order valence-electron chi connectivity index (χ4n) is 3.08. The summed E-state index contributed by atoms with van der Waals surface area (Å²) in [4.78, 5) is 0. The first-order valence-corrected chi connectivity index (χ1v) is 9.08. The predicted octanol–water partition coefficient (Wildman–Crippen LogP) is 3.94. The number of hydrogen-bond donors (Lipinski definition) is 3. The minimum Gasteiger partial charge on any atom is -0.492 e. The number of nitrogens with two attached hydrogens (primary N) is 1. The molecule has 0 amide bonds. The van der Waals surface area contributed by atoms with E-state index in [4.69, 9.17) is 10.5 Å². The van der Waals surface area contributed by atoms with E-state index >= 15 is 0 Å². The molecule has 2 atom stereocenters. The van der Waals surface area contributed by atoms with Gasteiger partial charge in [0, 0.05) is 11.7 Å². The molecular weight excluding hydrogens is 310 g/mol. The Bertz CT molecular complexity index is 679. The summed E-state index contributed by atoms with van der Waals surface area (Å²) in [6.07, 6.45) is 2.11. The zero-order valence-electron chi connectivity index (χ0n) is 15.4. The molecule has 2 aromatic carbocycles. The third-order valence-corrected chi connectivity index (χ3v) is 5.29. The Labute approximate surface area is 150 Å². The van der Waals surface area contributed by atoms with Crippen molar-refractivity contribution in [3.8, 4) is 5.75 Å². The van der Waals surface area contributed by atoms with E-state index < -0.39 is 0 Å². The van der Waals surface area contributed by atoms with Crippen molar-refractivity contribution in [3.63, 3.8) is 0 Å². The second kappa shape index (κ2) is 7.46. The minimum absolute atomic E-state index is 0.210. The van der Waals surface area contributed by atoms with Gasteiger partial charge in [-0.05, 0) is 53.6 Å². The van der Waals surface area contributed by atoms with Crippen molar-refractivity contribution in [2.24, 2.45) is 0 Å². The van der Waals surface area contributed by atoms with Crippen LogP contribution in [0.25, 0.3) is 0 Å². The highest BCUT2D eigenvalue weighted by Crippen LogP contribution is 2.28. The smallest absolute Gasteiger partial charge is 0.119 e. The van der Waals surface area contributed by atoms with Crippen molar-refractivity contribution < 1.29 is 4.74 Å². The van der Waals surface area contributed by atoms with Crippen LogP contribution in [0.3, 0.4) is 0 Å². The molecule has 134 valence electrons. The van der Waals surface area contributed by atoms with Crippen LogP contribution in [-0.2, 0) is 5.41 Å². The molecule has 0 aromatic heterocycles. The van der Waals surface area contributed by atoms with E-state index in [0.717, 1.165) is 24.3 Å². The van der Waals surface area contributed by atoms with Gasteiger partial charge in [0.2, 0.25) is 0 Å². The quantitative estimate of drug-likeness (QED) is 0.698. The number of hydrazine groups is 1. The number of hydrogen-bond acceptors (Lipinski definition) is 4. The van der Waals surface area contributed by atoms with Crippen LogP contribution in [0.15, 0.2) is 48.5 Å². The Hall–Kier alpha value is -2.04. The lowest BCUT2D eigenvalue weighted by Crippen LogP contribution is -2.34. The monoisotopic (exact) mass is 339 g/mol. The van der Waals surface area contributed by atoms with Crippen LogP contribution in [0.2, 0.25) is 0 Å². The van der Waals surface area contributed by atoms with Gasteiger partial charge in [-0.25, -0.2) is 5.43 Å². The van der Waals surface area contributed by atoms with Gasteiger partial charge in [-0.15, -0.1) is 0 Å². The highest BCUT2D eigenvalue weighted by Gasteiger charge is 2.25. The van der Waals surface area contributed by atoms with E-state index in [1.807, 2.05) is 12.1 Å². The van der Waals surface area contributed by atoms with Crippen LogP contribution >= 0.6 is 0 Å². The Morgan fingerprint density at radius 3 is 2.36 bits per heavy atom. The summed E-state index contributed by atoms with van der Waals surface area (Å²) in [5.41, 5.74) is 16.0. The molecule has 4 N–H and O–H groups in total. The first kappa shape index (κ1) is 17.8. The topological polar surface area (TPSA) is 59.3 Å². The van der Waals surface area contributed by atoms with Gasteiger partial charge in [0.25, 0.3) is 0 Å². The third kappa shape index (κ3) is 4.33. The molecule has 0 aliphatic carbocycles. The average molecular weight is 339 g/mol. The number of nitrogens with one attached hydrogen (secondary N) is 2. The minimum atomic E-state index is 0.210. The van der Waals surface area contributed by atoms with Gasteiger partial charge in [0.15, 0.2) is 0 Å². The van der Waals surface area contributed by atoms with Gasteiger partial charge < -0.3 is 10.5 Å². The number of ether oxygens (including phenoxy) is 1. The number of nitrogen functional groups attached to an aromatic ring is 1. The normalized spacial score (nSPS) is 20.6. The maximum absolute atomic E-state index is 5.97. The molecule has 3 rings (SSSR count). The van der Waals surface area contributed by atoms with E-state index in [2.05, 4.69) is 68.0 Å². The van der Waals surface area contributed by atoms with Crippen molar-refractivity contribution in [2.75, 3.05) is 12.3 Å². The SMILES string of the molecule is CCC(C)(C)c1ccc(OCC2CC(c3ccc(N)cc3)NN2)cc1. The van der Waals surface area contributed by atoms with E-state index in [9.17, 15) is 0 Å². The molecule has 0 spiro atoms. The molecule has 0 bridgehead atoms. The fourth-order valence-corrected chi connectivity index (χ4v) is 3.08. The van der Waals surface area contributed by atoms with Crippen molar-refractivity contribution >= 4 is 5.69 Å².